The topological polar surface area (TPSA) is 79.0 Å². The molecule has 0 bridgehead atoms. The van der Waals surface area contributed by atoms with Gasteiger partial charge in [0.1, 0.15) is 17.6 Å². The first kappa shape index (κ1) is 28.7. The second-order valence-corrected chi connectivity index (χ2v) is 12.0. The van der Waals surface area contributed by atoms with Crippen molar-refractivity contribution in [2.24, 2.45) is 5.73 Å². The number of benzene rings is 3. The molecule has 6 nitrogen and oxygen atoms in total. The molecule has 0 saturated carbocycles. The van der Waals surface area contributed by atoms with Crippen molar-refractivity contribution in [3.05, 3.63) is 87.9 Å². The number of hydrogen-bond donors (Lipinski definition) is 2. The van der Waals surface area contributed by atoms with Crippen LogP contribution in [0.4, 0.5) is 10.1 Å². The summed E-state index contributed by atoms with van der Waals surface area (Å²) in [5, 5.41) is 11.4. The molecule has 0 aromatic heterocycles. The van der Waals surface area contributed by atoms with Gasteiger partial charge in [-0.3, -0.25) is 14.1 Å². The molecule has 0 radical (unpaired) electrons. The Kier molecular flexibility index (Phi) is 8.52. The van der Waals surface area contributed by atoms with Crippen LogP contribution in [-0.4, -0.2) is 60.9 Å². The molecule has 42 heavy (non-hydrogen) atoms. The lowest BCUT2D eigenvalue weighted by atomic mass is 9.87. The van der Waals surface area contributed by atoms with E-state index in [0.717, 1.165) is 84.6 Å². The fourth-order valence-corrected chi connectivity index (χ4v) is 6.72. The fraction of sp³-hybridized carbons (Fsp3) is 0.382. The predicted octanol–water partition coefficient (Wildman–Crippen LogP) is 6.22. The van der Waals surface area contributed by atoms with Crippen LogP contribution in [0.25, 0.3) is 11.1 Å². The summed E-state index contributed by atoms with van der Waals surface area (Å²) in [6.45, 7) is 2.75. The quantitative estimate of drug-likeness (QED) is 0.326. The molecule has 2 saturated heterocycles. The maximum absolute atomic E-state index is 12.6. The summed E-state index contributed by atoms with van der Waals surface area (Å²) < 4.78 is 18.9. The lowest BCUT2D eigenvalue weighted by Crippen LogP contribution is -2.28. The van der Waals surface area contributed by atoms with Crippen LogP contribution in [-0.2, 0) is 11.2 Å². The molecule has 1 amide bonds. The third-order valence-electron chi connectivity index (χ3n) is 8.57. The number of phenols is 1. The molecule has 0 spiro atoms. The molecule has 2 unspecified atom stereocenters. The molecule has 8 heteroatoms. The van der Waals surface area contributed by atoms with Gasteiger partial charge in [-0.1, -0.05) is 29.8 Å². The van der Waals surface area contributed by atoms with E-state index in [9.17, 15) is 14.3 Å². The fourth-order valence-electron chi connectivity index (χ4n) is 6.56. The van der Waals surface area contributed by atoms with Gasteiger partial charge < -0.3 is 20.5 Å². The number of aryl methyl sites for hydroxylation is 1. The number of ether oxygens (including phenoxy) is 1. The van der Waals surface area contributed by atoms with E-state index in [-0.39, 0.29) is 30.5 Å². The second kappa shape index (κ2) is 12.5. The molecule has 2 atom stereocenters. The zero-order valence-electron chi connectivity index (χ0n) is 23.7. The number of alkyl halides is 1. The van der Waals surface area contributed by atoms with Gasteiger partial charge in [0.05, 0.1) is 6.67 Å². The van der Waals surface area contributed by atoms with Gasteiger partial charge >= 0.3 is 0 Å². The van der Waals surface area contributed by atoms with Gasteiger partial charge in [-0.25, -0.2) is 0 Å². The number of nitrogens with zero attached hydrogens (tertiary/aromatic N) is 2. The largest absolute Gasteiger partial charge is 0.507 e. The molecule has 3 aliphatic rings. The van der Waals surface area contributed by atoms with E-state index < -0.39 is 0 Å². The highest BCUT2D eigenvalue weighted by atomic mass is 35.5. The van der Waals surface area contributed by atoms with E-state index in [2.05, 4.69) is 29.2 Å². The molecule has 2 aliphatic heterocycles. The van der Waals surface area contributed by atoms with Gasteiger partial charge in [0, 0.05) is 54.9 Å². The number of phenolic OH excluding ortho intramolecular Hbond substituents is 1. The molecular formula is C34H37ClFN3O3. The Morgan fingerprint density at radius 3 is 2.57 bits per heavy atom. The lowest BCUT2D eigenvalue weighted by Gasteiger charge is -2.21. The van der Waals surface area contributed by atoms with Crippen LogP contribution in [0, 0.1) is 0 Å². The molecule has 3 aromatic rings. The molecule has 1 aliphatic carbocycles. The van der Waals surface area contributed by atoms with Crippen LogP contribution >= 0.6 is 11.6 Å². The number of carbonyl (C=O) groups excluding carboxylic acids is 1. The molecular weight excluding hydrogens is 553 g/mol. The molecule has 3 aromatic carbocycles. The average molecular weight is 590 g/mol. The third kappa shape index (κ3) is 6.05. The number of carbonyl (C=O) groups is 1. The number of hydrogen-bond acceptors (Lipinski definition) is 5. The summed E-state index contributed by atoms with van der Waals surface area (Å²) in [5.74, 6) is 1.02. The highest BCUT2D eigenvalue weighted by Gasteiger charge is 2.30. The number of rotatable bonds is 8. The highest BCUT2D eigenvalue weighted by Crippen LogP contribution is 2.44. The van der Waals surface area contributed by atoms with Crippen LogP contribution < -0.4 is 15.4 Å². The Hall–Kier alpha value is -3.39. The summed E-state index contributed by atoms with van der Waals surface area (Å²) in [6.07, 6.45) is 4.47. The van der Waals surface area contributed by atoms with E-state index in [1.54, 1.807) is 11.0 Å². The van der Waals surface area contributed by atoms with Crippen LogP contribution in [0.1, 0.15) is 54.4 Å². The molecule has 220 valence electrons. The van der Waals surface area contributed by atoms with Crippen LogP contribution in [0.3, 0.4) is 0 Å². The number of amides is 1. The minimum Gasteiger partial charge on any atom is -0.507 e. The van der Waals surface area contributed by atoms with Crippen LogP contribution in [0.5, 0.6) is 11.5 Å². The van der Waals surface area contributed by atoms with Crippen molar-refractivity contribution in [3.63, 3.8) is 0 Å². The number of likely N-dealkylation sites (tertiary alicyclic amines) is 1. The first-order valence-electron chi connectivity index (χ1n) is 14.9. The van der Waals surface area contributed by atoms with Crippen molar-refractivity contribution < 1.29 is 19.0 Å². The molecule has 3 N–H and O–H groups in total. The van der Waals surface area contributed by atoms with Crippen molar-refractivity contribution in [2.75, 3.05) is 37.8 Å². The summed E-state index contributed by atoms with van der Waals surface area (Å²) in [5.41, 5.74) is 13.1. The van der Waals surface area contributed by atoms with E-state index >= 15 is 0 Å². The summed E-state index contributed by atoms with van der Waals surface area (Å²) in [4.78, 5) is 16.6. The van der Waals surface area contributed by atoms with E-state index in [1.165, 1.54) is 5.56 Å². The number of aromatic hydroxyl groups is 1. The van der Waals surface area contributed by atoms with Gasteiger partial charge in [-0.15, -0.1) is 0 Å². The summed E-state index contributed by atoms with van der Waals surface area (Å²) in [7, 11) is 0. The smallest absolute Gasteiger partial charge is 0.228 e. The first-order chi connectivity index (χ1) is 20.4. The molecule has 2 heterocycles. The van der Waals surface area contributed by atoms with Crippen molar-refractivity contribution in [1.82, 2.24) is 4.90 Å². The number of nitrogens with two attached hydrogens (primary N) is 1. The Morgan fingerprint density at radius 1 is 1.02 bits per heavy atom. The molecule has 2 fully saturated rings. The SMILES string of the molecule is NC1CC(=O)N(c2ccc3c(c2)CCCC(c2ccc(Cl)cc2O)=C3c2ccc(OC3CCN(CCCF)C3)cc2)C1. The van der Waals surface area contributed by atoms with Gasteiger partial charge in [0.25, 0.3) is 0 Å². The van der Waals surface area contributed by atoms with Gasteiger partial charge in [0.2, 0.25) is 5.91 Å². The normalized spacial score (nSPS) is 21.1. The average Bonchev–Trinajstić information content (AvgIpc) is 3.51. The minimum atomic E-state index is -0.288. The molecule has 6 rings (SSSR count). The zero-order chi connectivity index (χ0) is 29.2. The zero-order valence-corrected chi connectivity index (χ0v) is 24.5. The lowest BCUT2D eigenvalue weighted by molar-refractivity contribution is -0.117. The van der Waals surface area contributed by atoms with Crippen molar-refractivity contribution >= 4 is 34.3 Å². The number of fused-ring (bicyclic) bond motifs is 1. The van der Waals surface area contributed by atoms with E-state index in [4.69, 9.17) is 22.1 Å². The first-order valence-corrected chi connectivity index (χ1v) is 15.2. The standard InChI is InChI=1S/C34H37ClFN3O3/c35-24-7-11-30(32(40)18-24)31-4-1-3-23-17-26(39-20-25(37)19-33(39)41)8-12-29(23)34(31)22-5-9-27(10-6-22)42-28-13-16-38(21-28)15-2-14-36/h5-12,17-18,25,28,40H,1-4,13-16,19-21,37H2. The Morgan fingerprint density at radius 2 is 1.83 bits per heavy atom. The number of allylic oxidation sites excluding steroid dienone is 1. The second-order valence-electron chi connectivity index (χ2n) is 11.6. The maximum Gasteiger partial charge on any atom is 0.228 e. The van der Waals surface area contributed by atoms with Gasteiger partial charge in [-0.2, -0.15) is 0 Å². The summed E-state index contributed by atoms with van der Waals surface area (Å²) in [6, 6.07) is 19.6. The monoisotopic (exact) mass is 589 g/mol. The number of anilines is 1. The minimum absolute atomic E-state index is 0.0574. The van der Waals surface area contributed by atoms with Crippen LogP contribution in [0.2, 0.25) is 5.02 Å². The Balaban J connectivity index is 1.36. The van der Waals surface area contributed by atoms with Crippen molar-refractivity contribution in [1.29, 1.82) is 0 Å². The predicted molar refractivity (Wildman–Crippen MR) is 166 cm³/mol. The van der Waals surface area contributed by atoms with Gasteiger partial charge in [-0.05, 0) is 102 Å². The Bertz CT molecular complexity index is 1490. The summed E-state index contributed by atoms with van der Waals surface area (Å²) >= 11 is 6.19. The van der Waals surface area contributed by atoms with Gasteiger partial charge in [0.15, 0.2) is 0 Å². The number of halogens is 2. The maximum atomic E-state index is 12.6. The van der Waals surface area contributed by atoms with E-state index in [1.807, 2.05) is 30.3 Å². The highest BCUT2D eigenvalue weighted by molar-refractivity contribution is 6.30. The van der Waals surface area contributed by atoms with E-state index in [0.29, 0.717) is 24.4 Å². The third-order valence-corrected chi connectivity index (χ3v) is 8.80. The van der Waals surface area contributed by atoms with Crippen LogP contribution in [0.15, 0.2) is 60.7 Å². The van der Waals surface area contributed by atoms with Crippen molar-refractivity contribution in [2.45, 2.75) is 50.7 Å². The van der Waals surface area contributed by atoms with Crippen molar-refractivity contribution in [3.8, 4) is 11.5 Å². The Labute approximate surface area is 251 Å².